The van der Waals surface area contributed by atoms with Crippen LogP contribution in [0.2, 0.25) is 0 Å². The fourth-order valence-corrected chi connectivity index (χ4v) is 2.79. The van der Waals surface area contributed by atoms with E-state index in [0.29, 0.717) is 5.69 Å². The molecule has 0 aliphatic carbocycles. The molecule has 116 valence electrons. The lowest BCUT2D eigenvalue weighted by molar-refractivity contribution is -0.120. The first kappa shape index (κ1) is 15.9. The number of benzene rings is 1. The molecule has 1 fully saturated rings. The van der Waals surface area contributed by atoms with Crippen LogP contribution in [0, 0.1) is 0 Å². The molecular formula is C13H20N4O3S. The Kier molecular flexibility index (Phi) is 4.94. The molecule has 1 saturated heterocycles. The van der Waals surface area contributed by atoms with Crippen LogP contribution in [0.4, 0.5) is 5.69 Å². The van der Waals surface area contributed by atoms with Crippen LogP contribution in [-0.2, 0) is 14.8 Å². The van der Waals surface area contributed by atoms with E-state index in [1.807, 2.05) is 6.92 Å². The van der Waals surface area contributed by atoms with Gasteiger partial charge in [0.2, 0.25) is 15.9 Å². The molecule has 1 amide bonds. The number of hydrogen-bond acceptors (Lipinski definition) is 5. The Bertz CT molecular complexity index is 612. The van der Waals surface area contributed by atoms with E-state index >= 15 is 0 Å². The van der Waals surface area contributed by atoms with Crippen LogP contribution in [0.15, 0.2) is 29.2 Å². The maximum Gasteiger partial charge on any atom is 0.241 e. The number of nitrogens with zero attached hydrogens (tertiary/aromatic N) is 1. The number of nitrogens with one attached hydrogen (secondary N) is 2. The summed E-state index contributed by atoms with van der Waals surface area (Å²) in [6.45, 7) is 5.18. The standard InChI is InChI=1S/C13H20N4O3S/c1-10(17-7-5-15-6-8-17)13(18)16-11-3-2-4-12(9-11)21(14,19)20/h2-4,9-10,15H,5-8H2,1H3,(H,16,18)(H2,14,19,20). The van der Waals surface area contributed by atoms with Gasteiger partial charge in [-0.2, -0.15) is 0 Å². The molecule has 0 spiro atoms. The highest BCUT2D eigenvalue weighted by Gasteiger charge is 2.22. The summed E-state index contributed by atoms with van der Waals surface area (Å²) < 4.78 is 22.6. The van der Waals surface area contributed by atoms with Crippen molar-refractivity contribution < 1.29 is 13.2 Å². The number of nitrogens with two attached hydrogens (primary N) is 1. The van der Waals surface area contributed by atoms with E-state index in [1.165, 1.54) is 12.1 Å². The number of amides is 1. The van der Waals surface area contributed by atoms with Gasteiger partial charge in [-0.05, 0) is 25.1 Å². The lowest BCUT2D eigenvalue weighted by Gasteiger charge is -2.31. The number of hydrogen-bond donors (Lipinski definition) is 3. The monoisotopic (exact) mass is 312 g/mol. The molecular weight excluding hydrogens is 292 g/mol. The summed E-state index contributed by atoms with van der Waals surface area (Å²) in [4.78, 5) is 14.3. The van der Waals surface area contributed by atoms with Gasteiger partial charge in [0.05, 0.1) is 10.9 Å². The second kappa shape index (κ2) is 6.52. The van der Waals surface area contributed by atoms with E-state index in [-0.39, 0.29) is 16.8 Å². The average Bonchev–Trinajstić information content (AvgIpc) is 2.47. The molecule has 1 aromatic carbocycles. The second-order valence-corrected chi connectivity index (χ2v) is 6.59. The molecule has 0 bridgehead atoms. The van der Waals surface area contributed by atoms with Gasteiger partial charge in [-0.15, -0.1) is 0 Å². The Morgan fingerprint density at radius 1 is 1.38 bits per heavy atom. The highest BCUT2D eigenvalue weighted by Crippen LogP contribution is 2.15. The zero-order valence-electron chi connectivity index (χ0n) is 11.9. The first-order valence-electron chi connectivity index (χ1n) is 6.76. The predicted molar refractivity (Wildman–Crippen MR) is 80.3 cm³/mol. The molecule has 1 aliphatic rings. The maximum atomic E-state index is 12.2. The van der Waals surface area contributed by atoms with Gasteiger partial charge in [-0.3, -0.25) is 9.69 Å². The topological polar surface area (TPSA) is 105 Å². The van der Waals surface area contributed by atoms with Crippen molar-refractivity contribution in [2.24, 2.45) is 5.14 Å². The molecule has 1 heterocycles. The molecule has 0 saturated carbocycles. The highest BCUT2D eigenvalue weighted by molar-refractivity contribution is 7.89. The third kappa shape index (κ3) is 4.24. The van der Waals surface area contributed by atoms with Gasteiger partial charge in [0.1, 0.15) is 0 Å². The van der Waals surface area contributed by atoms with Gasteiger partial charge in [-0.25, -0.2) is 13.6 Å². The fourth-order valence-electron chi connectivity index (χ4n) is 2.23. The summed E-state index contributed by atoms with van der Waals surface area (Å²) in [5.41, 5.74) is 0.425. The zero-order chi connectivity index (χ0) is 15.5. The van der Waals surface area contributed by atoms with Gasteiger partial charge in [0.15, 0.2) is 0 Å². The average molecular weight is 312 g/mol. The van der Waals surface area contributed by atoms with Crippen molar-refractivity contribution in [1.29, 1.82) is 0 Å². The van der Waals surface area contributed by atoms with E-state index in [1.54, 1.807) is 12.1 Å². The number of carbonyl (C=O) groups excluding carboxylic acids is 1. The van der Waals surface area contributed by atoms with Crippen LogP contribution < -0.4 is 15.8 Å². The van der Waals surface area contributed by atoms with Crippen LogP contribution in [0.25, 0.3) is 0 Å². The molecule has 0 radical (unpaired) electrons. The van der Waals surface area contributed by atoms with Crippen LogP contribution >= 0.6 is 0 Å². The molecule has 7 nitrogen and oxygen atoms in total. The van der Waals surface area contributed by atoms with Crippen LogP contribution in [0.1, 0.15) is 6.92 Å². The third-order valence-electron chi connectivity index (χ3n) is 3.51. The Hall–Kier alpha value is -1.48. The normalized spacial score (nSPS) is 18.2. The smallest absolute Gasteiger partial charge is 0.241 e. The molecule has 8 heteroatoms. The Balaban J connectivity index is 2.05. The predicted octanol–water partition coefficient (Wildman–Crippen LogP) is -0.434. The Labute approximate surface area is 124 Å². The highest BCUT2D eigenvalue weighted by atomic mass is 32.2. The zero-order valence-corrected chi connectivity index (χ0v) is 12.7. The van der Waals surface area contributed by atoms with Crippen molar-refractivity contribution in [3.05, 3.63) is 24.3 Å². The molecule has 1 unspecified atom stereocenters. The first-order chi connectivity index (χ1) is 9.88. The van der Waals surface area contributed by atoms with E-state index in [2.05, 4.69) is 15.5 Å². The molecule has 2 rings (SSSR count). The summed E-state index contributed by atoms with van der Waals surface area (Å²) in [5, 5.41) is 11.0. The lowest BCUT2D eigenvalue weighted by Crippen LogP contribution is -2.51. The molecule has 21 heavy (non-hydrogen) atoms. The van der Waals surface area contributed by atoms with Crippen LogP contribution in [0.3, 0.4) is 0 Å². The lowest BCUT2D eigenvalue weighted by atomic mass is 10.2. The van der Waals surface area contributed by atoms with Crippen molar-refractivity contribution in [2.45, 2.75) is 17.9 Å². The summed E-state index contributed by atoms with van der Waals surface area (Å²) in [5.74, 6) is -0.163. The van der Waals surface area contributed by atoms with Crippen molar-refractivity contribution in [3.8, 4) is 0 Å². The minimum absolute atomic E-state index is 0.0184. The van der Waals surface area contributed by atoms with Gasteiger partial charge >= 0.3 is 0 Å². The number of primary sulfonamides is 1. The van der Waals surface area contributed by atoms with Gasteiger partial charge in [0.25, 0.3) is 0 Å². The van der Waals surface area contributed by atoms with Crippen LogP contribution in [0.5, 0.6) is 0 Å². The van der Waals surface area contributed by atoms with Gasteiger partial charge in [0, 0.05) is 31.9 Å². The summed E-state index contributed by atoms with van der Waals surface area (Å²) in [6, 6.07) is 5.66. The Morgan fingerprint density at radius 2 is 2.05 bits per heavy atom. The van der Waals surface area contributed by atoms with Gasteiger partial charge < -0.3 is 10.6 Å². The summed E-state index contributed by atoms with van der Waals surface area (Å²) >= 11 is 0. The number of carbonyl (C=O) groups is 1. The number of piperazine rings is 1. The quantitative estimate of drug-likeness (QED) is 0.699. The van der Waals surface area contributed by atoms with Crippen molar-refractivity contribution in [1.82, 2.24) is 10.2 Å². The van der Waals surface area contributed by atoms with Gasteiger partial charge in [-0.1, -0.05) is 6.07 Å². The number of rotatable bonds is 4. The first-order valence-corrected chi connectivity index (χ1v) is 8.31. The minimum Gasteiger partial charge on any atom is -0.325 e. The second-order valence-electron chi connectivity index (χ2n) is 5.02. The van der Waals surface area contributed by atoms with E-state index in [9.17, 15) is 13.2 Å². The number of anilines is 1. The van der Waals surface area contributed by atoms with E-state index < -0.39 is 10.0 Å². The van der Waals surface area contributed by atoms with E-state index in [4.69, 9.17) is 5.14 Å². The summed E-state index contributed by atoms with van der Waals surface area (Å²) in [6.07, 6.45) is 0. The Morgan fingerprint density at radius 3 is 2.67 bits per heavy atom. The van der Waals surface area contributed by atoms with Crippen molar-refractivity contribution >= 4 is 21.6 Å². The fraction of sp³-hybridized carbons (Fsp3) is 0.462. The minimum atomic E-state index is -3.77. The molecule has 1 aromatic rings. The van der Waals surface area contributed by atoms with Crippen molar-refractivity contribution in [2.75, 3.05) is 31.5 Å². The van der Waals surface area contributed by atoms with E-state index in [0.717, 1.165) is 26.2 Å². The third-order valence-corrected chi connectivity index (χ3v) is 4.42. The van der Waals surface area contributed by atoms with Crippen LogP contribution in [-0.4, -0.2) is 51.4 Å². The summed E-state index contributed by atoms with van der Waals surface area (Å²) in [7, 11) is -3.77. The SMILES string of the molecule is CC(C(=O)Nc1cccc(S(N)(=O)=O)c1)N1CCNCC1. The van der Waals surface area contributed by atoms with Crippen molar-refractivity contribution in [3.63, 3.8) is 0 Å². The molecule has 1 aliphatic heterocycles. The molecule has 1 atom stereocenters. The molecule has 4 N–H and O–H groups in total. The molecule has 0 aromatic heterocycles. The largest absolute Gasteiger partial charge is 0.325 e. The maximum absolute atomic E-state index is 12.2. The number of sulfonamides is 1.